The zero-order valence-corrected chi connectivity index (χ0v) is 35.0. The van der Waals surface area contributed by atoms with Crippen LogP contribution in [0.1, 0.15) is 124 Å². The zero-order valence-electron chi connectivity index (χ0n) is 35.0. The van der Waals surface area contributed by atoms with Crippen molar-refractivity contribution in [3.05, 3.63) is 135 Å². The highest BCUT2D eigenvalue weighted by Crippen LogP contribution is 2.48. The summed E-state index contributed by atoms with van der Waals surface area (Å²) in [5, 5.41) is 3.81. The van der Waals surface area contributed by atoms with Gasteiger partial charge in [-0.05, 0) is 111 Å². The second-order valence-electron chi connectivity index (χ2n) is 19.6. The fraction of sp³-hybridized carbons (Fsp3) is 0.400. The third-order valence-electron chi connectivity index (χ3n) is 10.9. The summed E-state index contributed by atoms with van der Waals surface area (Å²) in [5.74, 6) is 7.14. The summed E-state index contributed by atoms with van der Waals surface area (Å²) in [6.07, 6.45) is 15.2. The Bertz CT molecular complexity index is 2110. The van der Waals surface area contributed by atoms with Crippen LogP contribution in [0.4, 0.5) is 17.1 Å². The van der Waals surface area contributed by atoms with Gasteiger partial charge in [0.15, 0.2) is 0 Å². The Balaban J connectivity index is 1.78. The molecular weight excluding hydrogens is 639 g/mol. The van der Waals surface area contributed by atoms with Gasteiger partial charge >= 0.3 is 0 Å². The fourth-order valence-corrected chi connectivity index (χ4v) is 7.85. The van der Waals surface area contributed by atoms with Crippen LogP contribution in [0.5, 0.6) is 0 Å². The number of benzene rings is 3. The van der Waals surface area contributed by atoms with E-state index in [1.807, 2.05) is 0 Å². The van der Waals surface area contributed by atoms with E-state index in [4.69, 9.17) is 0 Å². The van der Waals surface area contributed by atoms with E-state index < -0.39 is 0 Å². The summed E-state index contributed by atoms with van der Waals surface area (Å²) >= 11 is 0. The molecule has 0 fully saturated rings. The van der Waals surface area contributed by atoms with Gasteiger partial charge in [-0.3, -0.25) is 0 Å². The van der Waals surface area contributed by atoms with Crippen molar-refractivity contribution in [1.82, 2.24) is 0 Å². The van der Waals surface area contributed by atoms with Gasteiger partial charge < -0.3 is 10.2 Å². The van der Waals surface area contributed by atoms with Gasteiger partial charge in [-0.15, -0.1) is 0 Å². The first-order chi connectivity index (χ1) is 24.6. The minimum absolute atomic E-state index is 0.0256. The Hall–Kier alpha value is -4.42. The Morgan fingerprint density at radius 2 is 1.42 bits per heavy atom. The lowest BCUT2D eigenvalue weighted by Crippen LogP contribution is -2.50. The van der Waals surface area contributed by atoms with Gasteiger partial charge in [0, 0.05) is 35.1 Å². The first kappa shape index (κ1) is 38.3. The van der Waals surface area contributed by atoms with Crippen molar-refractivity contribution in [3.63, 3.8) is 0 Å². The fourth-order valence-electron chi connectivity index (χ4n) is 7.85. The molecule has 0 radical (unpaired) electrons. The molecule has 53 heavy (non-hydrogen) atoms. The average molecular weight is 701 g/mol. The molecule has 3 aromatic carbocycles. The number of rotatable bonds is 3. The van der Waals surface area contributed by atoms with E-state index in [0.29, 0.717) is 6.42 Å². The monoisotopic (exact) mass is 700 g/mol. The smallest absolute Gasteiger partial charge is 0.248 e. The molecule has 3 aliphatic rings. The number of nitrogens with one attached hydrogen (secondary N) is 1. The van der Waals surface area contributed by atoms with E-state index in [-0.39, 0.29) is 34.3 Å². The number of fused-ring (bicyclic) bond motifs is 2. The van der Waals surface area contributed by atoms with Crippen LogP contribution < -0.4 is 15.7 Å². The highest BCUT2D eigenvalue weighted by atomic mass is 15.2. The molecule has 0 saturated heterocycles. The first-order valence-electron chi connectivity index (χ1n) is 19.6. The predicted molar refractivity (Wildman–Crippen MR) is 234 cm³/mol. The number of anilines is 3. The van der Waals surface area contributed by atoms with Gasteiger partial charge in [0.2, 0.25) is 6.71 Å². The molecule has 1 unspecified atom stereocenters. The number of nitrogens with zero attached hydrogens (tertiary/aromatic N) is 1. The van der Waals surface area contributed by atoms with Gasteiger partial charge in [-0.1, -0.05) is 161 Å². The number of hydrogen-bond donors (Lipinski definition) is 1. The van der Waals surface area contributed by atoms with E-state index in [9.17, 15) is 0 Å². The van der Waals surface area contributed by atoms with E-state index in [1.54, 1.807) is 0 Å². The standard InChI is InChI=1S/C50H61BN2/c1-33-19-26-39(27-20-33)53-44-18-16-15-17-34(2)29-43(44)51-37(32-52-38-24-21-35(22-25-38)47(3,4)5)30-36(48(6,7)8)23-28-40-41(49(9,10)11)31-42(50(12,13)14)46(53)45(40)51/h18-32,34,52H,16H2,1-14H3/b28-23-,36-30+,37-32-,43-29?,44-18?. The van der Waals surface area contributed by atoms with Crippen molar-refractivity contribution in [3.8, 4) is 11.8 Å². The second-order valence-corrected chi connectivity index (χ2v) is 19.6. The Morgan fingerprint density at radius 1 is 0.774 bits per heavy atom. The summed E-state index contributed by atoms with van der Waals surface area (Å²) in [7, 11) is 0. The van der Waals surface area contributed by atoms with Crippen molar-refractivity contribution in [2.75, 3.05) is 10.2 Å². The van der Waals surface area contributed by atoms with Crippen LogP contribution in [0.2, 0.25) is 0 Å². The molecule has 0 bridgehead atoms. The summed E-state index contributed by atoms with van der Waals surface area (Å²) in [6.45, 7) is 32.5. The molecule has 1 N–H and O–H groups in total. The highest BCUT2D eigenvalue weighted by molar-refractivity contribution is 6.89. The van der Waals surface area contributed by atoms with Crippen LogP contribution >= 0.6 is 0 Å². The van der Waals surface area contributed by atoms with Crippen LogP contribution in [0.3, 0.4) is 0 Å². The molecule has 274 valence electrons. The highest BCUT2D eigenvalue weighted by Gasteiger charge is 2.44. The van der Waals surface area contributed by atoms with Crippen molar-refractivity contribution in [2.24, 2.45) is 11.3 Å². The minimum Gasteiger partial charge on any atom is -0.362 e. The quantitative estimate of drug-likeness (QED) is 0.216. The Labute approximate surface area is 322 Å². The van der Waals surface area contributed by atoms with Crippen LogP contribution in [0.25, 0.3) is 6.08 Å². The molecule has 0 amide bonds. The van der Waals surface area contributed by atoms with Gasteiger partial charge in [0.05, 0.1) is 0 Å². The van der Waals surface area contributed by atoms with Gasteiger partial charge in [0.25, 0.3) is 0 Å². The summed E-state index contributed by atoms with van der Waals surface area (Å²) in [6, 6.07) is 20.6. The maximum Gasteiger partial charge on any atom is 0.248 e. The molecule has 0 aromatic heterocycles. The molecule has 6 rings (SSSR count). The first-order valence-corrected chi connectivity index (χ1v) is 19.6. The lowest BCUT2D eigenvalue weighted by molar-refractivity contribution is 0.517. The second kappa shape index (κ2) is 13.8. The average Bonchev–Trinajstić information content (AvgIpc) is 3.03. The molecule has 1 atom stereocenters. The van der Waals surface area contributed by atoms with Crippen LogP contribution in [-0.4, -0.2) is 6.71 Å². The van der Waals surface area contributed by atoms with Crippen LogP contribution in [0.15, 0.2) is 107 Å². The third kappa shape index (κ3) is 7.80. The lowest BCUT2D eigenvalue weighted by Gasteiger charge is -2.45. The molecule has 2 nitrogen and oxygen atoms in total. The number of allylic oxidation sites excluding steroid dienone is 7. The van der Waals surface area contributed by atoms with Crippen LogP contribution in [-0.2, 0) is 16.2 Å². The van der Waals surface area contributed by atoms with Gasteiger partial charge in [0.1, 0.15) is 0 Å². The largest absolute Gasteiger partial charge is 0.362 e. The van der Waals surface area contributed by atoms with E-state index >= 15 is 0 Å². The lowest BCUT2D eigenvalue weighted by atomic mass is 9.31. The van der Waals surface area contributed by atoms with E-state index in [1.165, 1.54) is 66.9 Å². The Morgan fingerprint density at radius 3 is 2.00 bits per heavy atom. The number of aryl methyl sites for hydroxylation is 1. The predicted octanol–water partition coefficient (Wildman–Crippen LogP) is 12.7. The zero-order chi connectivity index (χ0) is 38.7. The van der Waals surface area contributed by atoms with Crippen molar-refractivity contribution >= 4 is 35.3 Å². The molecule has 2 heterocycles. The molecule has 3 aromatic rings. The summed E-state index contributed by atoms with van der Waals surface area (Å²) in [5.41, 5.74) is 16.6. The summed E-state index contributed by atoms with van der Waals surface area (Å²) in [4.78, 5) is 2.58. The topological polar surface area (TPSA) is 15.3 Å². The maximum atomic E-state index is 3.81. The third-order valence-corrected chi connectivity index (χ3v) is 10.9. The van der Waals surface area contributed by atoms with Crippen LogP contribution in [0, 0.1) is 30.1 Å². The normalized spacial score (nSPS) is 19.9. The molecular formula is C50H61BN2. The molecule has 0 saturated carbocycles. The Kier molecular flexibility index (Phi) is 9.96. The van der Waals surface area contributed by atoms with Crippen molar-refractivity contribution in [1.29, 1.82) is 0 Å². The van der Waals surface area contributed by atoms with Gasteiger partial charge in [-0.2, -0.15) is 0 Å². The van der Waals surface area contributed by atoms with E-state index in [2.05, 4.69) is 210 Å². The van der Waals surface area contributed by atoms with Gasteiger partial charge in [-0.25, -0.2) is 0 Å². The van der Waals surface area contributed by atoms with Crippen molar-refractivity contribution in [2.45, 2.75) is 120 Å². The molecule has 3 heteroatoms. The number of hydrogen-bond acceptors (Lipinski definition) is 2. The SMILES string of the molecule is Cc1ccc(N2C3=CCC#CC(C)C=C3B3C(=C\Nc4ccc(C(C)(C)C)cc4)/C=C(C(C)(C)C)\C=C/c4c(C(C)(C)C)cc(C(C)(C)C)c2c43)cc1. The van der Waals surface area contributed by atoms with E-state index in [0.717, 1.165) is 5.69 Å². The summed E-state index contributed by atoms with van der Waals surface area (Å²) < 4.78 is 0. The maximum absolute atomic E-state index is 3.81. The minimum atomic E-state index is -0.121. The molecule has 0 spiro atoms. The van der Waals surface area contributed by atoms with Crippen molar-refractivity contribution < 1.29 is 0 Å². The molecule has 1 aliphatic carbocycles. The molecule has 2 aliphatic heterocycles.